The number of aliphatic imine (C=N–C) groups is 1. The van der Waals surface area contributed by atoms with E-state index in [2.05, 4.69) is 20.0 Å². The number of rotatable bonds is 6. The standard InChI is InChI=1S/C22H20F6N4O2S/c1-10-5-12(34-9-22(26,27)28)8-30-16(10)17(33)31-11-3-4-14(23)13(6-11)20(2)15-7-21(15,18(24)25)35-19(29)32-20/h3-6,8,15,18H,7,9H2,1-2H3,(H2,29,32)(H,31,33)/t15-,20+,21-/m0/s1. The average Bonchev–Trinajstić information content (AvgIpc) is 3.50. The van der Waals surface area contributed by atoms with Crippen LogP contribution in [0.1, 0.15) is 35.0 Å². The maximum absolute atomic E-state index is 14.8. The van der Waals surface area contributed by atoms with Crippen molar-refractivity contribution in [1.29, 1.82) is 0 Å². The Bertz CT molecular complexity index is 1210. The van der Waals surface area contributed by atoms with Crippen LogP contribution in [0.15, 0.2) is 35.5 Å². The van der Waals surface area contributed by atoms with Crippen molar-refractivity contribution in [3.05, 3.63) is 53.1 Å². The summed E-state index contributed by atoms with van der Waals surface area (Å²) < 4.78 is 82.5. The summed E-state index contributed by atoms with van der Waals surface area (Å²) in [6, 6.07) is 4.92. The number of carbonyl (C=O) groups is 1. The fourth-order valence-corrected chi connectivity index (χ4v) is 5.65. The van der Waals surface area contributed by atoms with Crippen molar-refractivity contribution in [3.8, 4) is 5.75 Å². The zero-order chi connectivity index (χ0) is 25.8. The number of alkyl halides is 5. The van der Waals surface area contributed by atoms with Gasteiger partial charge in [-0.05, 0) is 50.1 Å². The second-order valence-electron chi connectivity index (χ2n) is 8.60. The predicted octanol–water partition coefficient (Wildman–Crippen LogP) is 5.02. The highest BCUT2D eigenvalue weighted by Gasteiger charge is 2.71. The number of nitrogens with one attached hydrogen (secondary N) is 1. The lowest BCUT2D eigenvalue weighted by molar-refractivity contribution is -0.153. The number of nitrogens with zero attached hydrogens (tertiary/aromatic N) is 2. The first-order valence-corrected chi connectivity index (χ1v) is 11.2. The van der Waals surface area contributed by atoms with Crippen LogP contribution in [0.25, 0.3) is 0 Å². The van der Waals surface area contributed by atoms with Gasteiger partial charge in [0.25, 0.3) is 12.3 Å². The number of pyridine rings is 1. The molecular weight excluding hydrogens is 498 g/mol. The lowest BCUT2D eigenvalue weighted by atomic mass is 9.85. The monoisotopic (exact) mass is 518 g/mol. The van der Waals surface area contributed by atoms with Crippen LogP contribution < -0.4 is 15.8 Å². The van der Waals surface area contributed by atoms with Crippen molar-refractivity contribution in [2.75, 3.05) is 11.9 Å². The molecule has 1 saturated carbocycles. The van der Waals surface area contributed by atoms with Gasteiger partial charge >= 0.3 is 6.18 Å². The van der Waals surface area contributed by atoms with E-state index in [9.17, 15) is 31.1 Å². The van der Waals surface area contributed by atoms with E-state index in [1.165, 1.54) is 32.0 Å². The molecule has 1 aliphatic carbocycles. The van der Waals surface area contributed by atoms with Gasteiger partial charge in [0.15, 0.2) is 11.8 Å². The minimum Gasteiger partial charge on any atom is -0.482 e. The molecule has 35 heavy (non-hydrogen) atoms. The molecule has 0 bridgehead atoms. The van der Waals surface area contributed by atoms with Gasteiger partial charge in [-0.2, -0.15) is 13.2 Å². The summed E-state index contributed by atoms with van der Waals surface area (Å²) in [4.78, 5) is 20.9. The smallest absolute Gasteiger partial charge is 0.422 e. The quantitative estimate of drug-likeness (QED) is 0.524. The molecule has 2 heterocycles. The Morgan fingerprint density at radius 2 is 2.06 bits per heavy atom. The number of ether oxygens (including phenoxy) is 1. The first kappa shape index (κ1) is 25.1. The summed E-state index contributed by atoms with van der Waals surface area (Å²) in [5, 5.41) is 2.48. The zero-order valence-corrected chi connectivity index (χ0v) is 19.2. The molecule has 3 atom stereocenters. The average molecular weight is 518 g/mol. The molecule has 4 rings (SSSR count). The number of amidine groups is 1. The second-order valence-corrected chi connectivity index (χ2v) is 9.98. The minimum atomic E-state index is -4.53. The van der Waals surface area contributed by atoms with Gasteiger partial charge in [-0.3, -0.25) is 9.79 Å². The summed E-state index contributed by atoms with van der Waals surface area (Å²) in [5.41, 5.74) is 4.78. The van der Waals surface area contributed by atoms with Gasteiger partial charge in [-0.25, -0.2) is 18.2 Å². The van der Waals surface area contributed by atoms with E-state index in [4.69, 9.17) is 5.73 Å². The Balaban J connectivity index is 1.56. The summed E-state index contributed by atoms with van der Waals surface area (Å²) in [7, 11) is 0. The number of hydrogen-bond acceptors (Lipinski definition) is 6. The molecule has 1 aliphatic heterocycles. The number of fused-ring (bicyclic) bond motifs is 1. The molecule has 1 fully saturated rings. The molecule has 188 valence electrons. The Morgan fingerprint density at radius 1 is 1.34 bits per heavy atom. The number of carbonyl (C=O) groups excluding carboxylic acids is 1. The maximum atomic E-state index is 14.8. The molecule has 1 aromatic carbocycles. The summed E-state index contributed by atoms with van der Waals surface area (Å²) in [6.07, 6.45) is -6.10. The molecule has 1 amide bonds. The number of halogens is 6. The zero-order valence-electron chi connectivity index (χ0n) is 18.4. The van der Waals surface area contributed by atoms with Gasteiger partial charge < -0.3 is 15.8 Å². The van der Waals surface area contributed by atoms with E-state index in [1.54, 1.807) is 0 Å². The first-order chi connectivity index (χ1) is 16.2. The highest BCUT2D eigenvalue weighted by molar-refractivity contribution is 8.15. The number of hydrogen-bond donors (Lipinski definition) is 2. The third kappa shape index (κ3) is 4.78. The van der Waals surface area contributed by atoms with Gasteiger partial charge in [0.05, 0.1) is 16.5 Å². The largest absolute Gasteiger partial charge is 0.482 e. The van der Waals surface area contributed by atoms with E-state index in [1.807, 2.05) is 0 Å². The van der Waals surface area contributed by atoms with Crippen LogP contribution in [-0.2, 0) is 5.54 Å². The van der Waals surface area contributed by atoms with E-state index in [0.717, 1.165) is 24.0 Å². The topological polar surface area (TPSA) is 89.6 Å². The minimum absolute atomic E-state index is 0.00616. The van der Waals surface area contributed by atoms with Crippen LogP contribution in [0.5, 0.6) is 5.75 Å². The number of aromatic nitrogens is 1. The number of benzene rings is 1. The van der Waals surface area contributed by atoms with Crippen LogP contribution in [0, 0.1) is 18.7 Å². The fourth-order valence-electron chi connectivity index (χ4n) is 4.32. The summed E-state index contributed by atoms with van der Waals surface area (Å²) >= 11 is 0.798. The second kappa shape index (κ2) is 8.61. The highest BCUT2D eigenvalue weighted by Crippen LogP contribution is 2.68. The molecule has 0 spiro atoms. The van der Waals surface area contributed by atoms with E-state index in [0.29, 0.717) is 0 Å². The molecule has 13 heteroatoms. The van der Waals surface area contributed by atoms with Gasteiger partial charge in [0, 0.05) is 17.2 Å². The number of thioether (sulfide) groups is 1. The van der Waals surface area contributed by atoms with Crippen LogP contribution in [0.3, 0.4) is 0 Å². The third-order valence-electron chi connectivity index (χ3n) is 6.08. The van der Waals surface area contributed by atoms with Gasteiger partial charge in [-0.1, -0.05) is 11.8 Å². The normalized spacial score (nSPS) is 25.6. The molecule has 2 aliphatic rings. The van der Waals surface area contributed by atoms with Crippen molar-refractivity contribution in [3.63, 3.8) is 0 Å². The highest BCUT2D eigenvalue weighted by atomic mass is 32.2. The SMILES string of the molecule is Cc1cc(OCC(F)(F)F)cnc1C(=O)Nc1ccc(F)c([C@@]2(C)N=C(N)S[C@@]3(C(F)F)C[C@@H]23)c1. The number of anilines is 1. The van der Waals surface area contributed by atoms with Crippen LogP contribution in [0.4, 0.5) is 32.0 Å². The molecule has 0 saturated heterocycles. The molecule has 3 N–H and O–H groups in total. The van der Waals surface area contributed by atoms with E-state index in [-0.39, 0.29) is 39.8 Å². The Morgan fingerprint density at radius 3 is 2.69 bits per heavy atom. The Hall–Kier alpha value is -2.96. The van der Waals surface area contributed by atoms with Gasteiger partial charge in [-0.15, -0.1) is 0 Å². The van der Waals surface area contributed by atoms with Crippen LogP contribution in [0.2, 0.25) is 0 Å². The van der Waals surface area contributed by atoms with Crippen molar-refractivity contribution >= 4 is 28.5 Å². The summed E-state index contributed by atoms with van der Waals surface area (Å²) in [6.45, 7) is 1.49. The molecular formula is C22H20F6N4O2S. The molecule has 2 aromatic rings. The van der Waals surface area contributed by atoms with Crippen LogP contribution >= 0.6 is 11.8 Å². The lowest BCUT2D eigenvalue weighted by Gasteiger charge is -2.34. The van der Waals surface area contributed by atoms with Gasteiger partial charge in [0.1, 0.15) is 17.3 Å². The van der Waals surface area contributed by atoms with Crippen molar-refractivity contribution in [2.24, 2.45) is 16.6 Å². The van der Waals surface area contributed by atoms with Gasteiger partial charge in [0.2, 0.25) is 0 Å². The van der Waals surface area contributed by atoms with E-state index >= 15 is 0 Å². The van der Waals surface area contributed by atoms with Crippen LogP contribution in [-0.4, -0.2) is 40.0 Å². The fraction of sp³-hybridized carbons (Fsp3) is 0.409. The molecule has 0 radical (unpaired) electrons. The molecule has 6 nitrogen and oxygen atoms in total. The van der Waals surface area contributed by atoms with Crippen molar-refractivity contribution < 1.29 is 35.9 Å². The molecule has 0 unspecified atom stereocenters. The lowest BCUT2D eigenvalue weighted by Crippen LogP contribution is -2.38. The first-order valence-electron chi connectivity index (χ1n) is 10.4. The number of nitrogens with two attached hydrogens (primary N) is 1. The number of aryl methyl sites for hydroxylation is 1. The Kier molecular flexibility index (Phi) is 6.18. The maximum Gasteiger partial charge on any atom is 0.422 e. The summed E-state index contributed by atoms with van der Waals surface area (Å²) in [5.74, 6) is -2.21. The third-order valence-corrected chi connectivity index (χ3v) is 7.39. The molecule has 1 aromatic heterocycles. The predicted molar refractivity (Wildman–Crippen MR) is 118 cm³/mol. The van der Waals surface area contributed by atoms with E-state index < -0.39 is 47.1 Å². The Labute approximate surface area is 200 Å². The van der Waals surface area contributed by atoms with Crippen molar-refractivity contribution in [1.82, 2.24) is 4.98 Å². The van der Waals surface area contributed by atoms with Crippen molar-refractivity contribution in [2.45, 2.75) is 43.2 Å². The number of amides is 1.